The maximum atomic E-state index is 8.04. The summed E-state index contributed by atoms with van der Waals surface area (Å²) in [5.74, 6) is 0.904. The van der Waals surface area contributed by atoms with Crippen LogP contribution in [0.15, 0.2) is 52.9 Å². The van der Waals surface area contributed by atoms with Gasteiger partial charge in [0.25, 0.3) is 5.90 Å². The van der Waals surface area contributed by atoms with Crippen LogP contribution in [0.3, 0.4) is 0 Å². The van der Waals surface area contributed by atoms with E-state index >= 15 is 0 Å². The van der Waals surface area contributed by atoms with Gasteiger partial charge in [0, 0.05) is 32.1 Å². The van der Waals surface area contributed by atoms with Crippen molar-refractivity contribution >= 4 is 22.8 Å². The zero-order chi connectivity index (χ0) is 23.5. The zero-order valence-corrected chi connectivity index (χ0v) is 19.6. The van der Waals surface area contributed by atoms with Crippen molar-refractivity contribution in [3.63, 3.8) is 0 Å². The molecule has 2 aliphatic rings. The van der Waals surface area contributed by atoms with Crippen molar-refractivity contribution in [1.29, 1.82) is 10.8 Å². The van der Waals surface area contributed by atoms with E-state index < -0.39 is 0 Å². The summed E-state index contributed by atoms with van der Waals surface area (Å²) in [6.45, 7) is 6.20. The number of nitrogens with zero attached hydrogens (tertiary/aromatic N) is 1. The van der Waals surface area contributed by atoms with Crippen LogP contribution < -0.4 is 4.74 Å². The summed E-state index contributed by atoms with van der Waals surface area (Å²) < 4.78 is 23.3. The Bertz CT molecular complexity index is 1190. The molecule has 7 nitrogen and oxygen atoms in total. The average molecular weight is 462 g/mol. The predicted octanol–water partition coefficient (Wildman–Crippen LogP) is 5.45. The predicted molar refractivity (Wildman–Crippen MR) is 131 cm³/mol. The number of furan rings is 1. The van der Waals surface area contributed by atoms with Crippen LogP contribution in [0.2, 0.25) is 0 Å². The van der Waals surface area contributed by atoms with Crippen molar-refractivity contribution in [2.45, 2.75) is 44.8 Å². The summed E-state index contributed by atoms with van der Waals surface area (Å²) in [6.07, 6.45) is 3.42. The molecule has 0 radical (unpaired) electrons. The summed E-state index contributed by atoms with van der Waals surface area (Å²) in [6, 6.07) is 16.0. The van der Waals surface area contributed by atoms with Gasteiger partial charge in [0.1, 0.15) is 11.3 Å². The lowest BCUT2D eigenvalue weighted by molar-refractivity contribution is -0.0790. The van der Waals surface area contributed by atoms with Crippen LogP contribution in [0.1, 0.15) is 49.5 Å². The van der Waals surface area contributed by atoms with Crippen molar-refractivity contribution in [1.82, 2.24) is 4.90 Å². The number of piperidine rings is 1. The first-order chi connectivity index (χ1) is 16.6. The van der Waals surface area contributed by atoms with Gasteiger partial charge in [-0.1, -0.05) is 37.3 Å². The Kier molecular flexibility index (Phi) is 6.39. The normalized spacial score (nSPS) is 17.1. The highest BCUT2D eigenvalue weighted by atomic mass is 16.5. The number of likely N-dealkylation sites (tertiary alicyclic amines) is 1. The topological polar surface area (TPSA) is 91.8 Å². The molecule has 1 aromatic heterocycles. The standard InChI is InChI=1S/C27H31N3O4/c1-2-25(28)34-26(29)24-17-20-22(9-5-10-23(20)33-24)31-16-6-13-30-14-11-27(12-15-30)21-8-4-3-7-19(21)18-32-27/h3-5,7-10,17,28-29H,2,6,11-16,18H2,1H3. The van der Waals surface area contributed by atoms with Crippen LogP contribution >= 0.6 is 0 Å². The number of rotatable bonds is 7. The maximum absolute atomic E-state index is 8.04. The fourth-order valence-electron chi connectivity index (χ4n) is 4.92. The number of nitrogens with one attached hydrogen (secondary N) is 2. The van der Waals surface area contributed by atoms with Crippen LogP contribution in [0, 0.1) is 10.8 Å². The van der Waals surface area contributed by atoms with Crippen LogP contribution in [-0.4, -0.2) is 42.9 Å². The molecule has 7 heteroatoms. The van der Waals surface area contributed by atoms with Gasteiger partial charge in [-0.2, -0.15) is 0 Å². The first-order valence-corrected chi connectivity index (χ1v) is 12.0. The average Bonchev–Trinajstić information content (AvgIpc) is 3.46. The lowest BCUT2D eigenvalue weighted by Crippen LogP contribution is -2.43. The first-order valence-electron chi connectivity index (χ1n) is 12.0. The SMILES string of the molecule is CCC(=N)OC(=N)c1cc2c(OCCCN3CCC4(CC3)OCc3ccccc34)cccc2o1. The number of fused-ring (bicyclic) bond motifs is 3. The maximum Gasteiger partial charge on any atom is 0.256 e. The van der Waals surface area contributed by atoms with E-state index in [0.717, 1.165) is 56.6 Å². The van der Waals surface area contributed by atoms with E-state index in [9.17, 15) is 0 Å². The highest BCUT2D eigenvalue weighted by molar-refractivity contribution is 6.00. The third-order valence-corrected chi connectivity index (χ3v) is 6.84. The molecule has 1 spiro atoms. The smallest absolute Gasteiger partial charge is 0.256 e. The van der Waals surface area contributed by atoms with Gasteiger partial charge in [-0.15, -0.1) is 0 Å². The minimum Gasteiger partial charge on any atom is -0.493 e. The Morgan fingerprint density at radius 3 is 2.74 bits per heavy atom. The number of benzene rings is 2. The molecule has 3 heterocycles. The van der Waals surface area contributed by atoms with E-state index in [2.05, 4.69) is 29.2 Å². The van der Waals surface area contributed by atoms with Gasteiger partial charge in [0.15, 0.2) is 11.7 Å². The van der Waals surface area contributed by atoms with Crippen molar-refractivity contribution < 1.29 is 18.6 Å². The van der Waals surface area contributed by atoms with Crippen LogP contribution in [0.5, 0.6) is 5.75 Å². The monoisotopic (exact) mass is 461 g/mol. The van der Waals surface area contributed by atoms with Crippen LogP contribution in [0.25, 0.3) is 11.0 Å². The lowest BCUT2D eigenvalue weighted by atomic mass is 9.84. The summed E-state index contributed by atoms with van der Waals surface area (Å²) in [7, 11) is 0. The highest BCUT2D eigenvalue weighted by Gasteiger charge is 2.42. The largest absolute Gasteiger partial charge is 0.493 e. The Balaban J connectivity index is 1.13. The molecule has 1 saturated heterocycles. The summed E-state index contributed by atoms with van der Waals surface area (Å²) in [5.41, 5.74) is 3.27. The van der Waals surface area contributed by atoms with Gasteiger partial charge in [0.2, 0.25) is 0 Å². The zero-order valence-electron chi connectivity index (χ0n) is 19.6. The molecule has 5 rings (SSSR count). The fourth-order valence-corrected chi connectivity index (χ4v) is 4.92. The summed E-state index contributed by atoms with van der Waals surface area (Å²) >= 11 is 0. The Hall–Kier alpha value is -3.16. The third-order valence-electron chi connectivity index (χ3n) is 6.84. The fraction of sp³-hybridized carbons (Fsp3) is 0.407. The molecule has 0 amide bonds. The third kappa shape index (κ3) is 4.45. The van der Waals surface area contributed by atoms with E-state index in [1.165, 1.54) is 11.1 Å². The minimum absolute atomic E-state index is 0.0364. The van der Waals surface area contributed by atoms with Gasteiger partial charge >= 0.3 is 0 Å². The van der Waals surface area contributed by atoms with Gasteiger partial charge < -0.3 is 23.5 Å². The second-order valence-electron chi connectivity index (χ2n) is 8.97. The second kappa shape index (κ2) is 9.60. The Morgan fingerprint density at radius 2 is 1.91 bits per heavy atom. The van der Waals surface area contributed by atoms with E-state index in [1.807, 2.05) is 25.1 Å². The second-order valence-corrected chi connectivity index (χ2v) is 8.97. The molecule has 2 aromatic carbocycles. The van der Waals surface area contributed by atoms with Gasteiger partial charge in [0.05, 0.1) is 24.2 Å². The molecule has 3 aromatic rings. The minimum atomic E-state index is -0.161. The number of hydrogen-bond donors (Lipinski definition) is 2. The molecule has 2 N–H and O–H groups in total. The van der Waals surface area contributed by atoms with E-state index in [0.29, 0.717) is 24.4 Å². The molecular weight excluding hydrogens is 430 g/mol. The van der Waals surface area contributed by atoms with Crippen molar-refractivity contribution in [2.75, 3.05) is 26.2 Å². The Morgan fingerprint density at radius 1 is 1.09 bits per heavy atom. The molecular formula is C27H31N3O4. The van der Waals surface area contributed by atoms with E-state index in [4.69, 9.17) is 29.4 Å². The molecule has 2 aliphatic heterocycles. The van der Waals surface area contributed by atoms with E-state index in [1.54, 1.807) is 6.07 Å². The van der Waals surface area contributed by atoms with Crippen molar-refractivity contribution in [2.24, 2.45) is 0 Å². The summed E-state index contributed by atoms with van der Waals surface area (Å²) in [4.78, 5) is 2.50. The van der Waals surface area contributed by atoms with Crippen molar-refractivity contribution in [3.8, 4) is 5.75 Å². The molecule has 1 fully saturated rings. The lowest BCUT2D eigenvalue weighted by Gasteiger charge is -2.39. The first kappa shape index (κ1) is 22.6. The molecule has 178 valence electrons. The number of hydrogen-bond acceptors (Lipinski definition) is 7. The molecule has 0 unspecified atom stereocenters. The van der Waals surface area contributed by atoms with Gasteiger partial charge in [-0.05, 0) is 42.5 Å². The van der Waals surface area contributed by atoms with E-state index in [-0.39, 0.29) is 17.4 Å². The summed E-state index contributed by atoms with van der Waals surface area (Å²) in [5, 5.41) is 16.5. The molecule has 34 heavy (non-hydrogen) atoms. The Labute approximate surface area is 199 Å². The van der Waals surface area contributed by atoms with Gasteiger partial charge in [-0.25, -0.2) is 0 Å². The molecule has 0 bridgehead atoms. The quantitative estimate of drug-likeness (QED) is 0.277. The van der Waals surface area contributed by atoms with Crippen molar-refractivity contribution in [3.05, 3.63) is 65.4 Å². The molecule has 0 atom stereocenters. The van der Waals surface area contributed by atoms with Gasteiger partial charge in [-0.3, -0.25) is 10.8 Å². The highest BCUT2D eigenvalue weighted by Crippen LogP contribution is 2.43. The number of ether oxygens (including phenoxy) is 3. The van der Waals surface area contributed by atoms with Crippen LogP contribution in [0.4, 0.5) is 0 Å². The molecule has 0 saturated carbocycles. The van der Waals surface area contributed by atoms with Crippen LogP contribution in [-0.2, 0) is 21.7 Å². The molecule has 0 aliphatic carbocycles.